The number of aryl methyl sites for hydroxylation is 3. The Morgan fingerprint density at radius 2 is 1.58 bits per heavy atom. The van der Waals surface area contributed by atoms with Crippen molar-refractivity contribution in [3.8, 4) is 0 Å². The van der Waals surface area contributed by atoms with E-state index < -0.39 is 28.7 Å². The quantitative estimate of drug-likeness (QED) is 0.463. The summed E-state index contributed by atoms with van der Waals surface area (Å²) in [7, 11) is -1.09. The highest BCUT2D eigenvalue weighted by Gasteiger charge is 2.35. The smallest absolute Gasteiger partial charge is 0.304 e. The zero-order chi connectivity index (χ0) is 28.0. The van der Waals surface area contributed by atoms with Crippen molar-refractivity contribution >= 4 is 27.7 Å². The lowest BCUT2D eigenvalue weighted by Gasteiger charge is -2.34. The molecule has 38 heavy (non-hydrogen) atoms. The van der Waals surface area contributed by atoms with E-state index in [0.29, 0.717) is 12.1 Å². The summed E-state index contributed by atoms with van der Waals surface area (Å²) in [5.41, 5.74) is 4.05. The molecule has 0 bridgehead atoms. The minimum atomic E-state index is -3.99. The van der Waals surface area contributed by atoms with Gasteiger partial charge in [-0.05, 0) is 62.8 Å². The number of nitrogens with zero attached hydrogens (tertiary/aromatic N) is 3. The van der Waals surface area contributed by atoms with Crippen LogP contribution in [0.4, 0.5) is 5.69 Å². The molecule has 0 heterocycles. The fraction of sp³-hybridized carbons (Fsp3) is 0.517. The van der Waals surface area contributed by atoms with Crippen molar-refractivity contribution in [2.75, 3.05) is 24.9 Å². The number of hydrogen-bond donors (Lipinski definition) is 1. The van der Waals surface area contributed by atoms with Crippen molar-refractivity contribution in [1.29, 1.82) is 0 Å². The van der Waals surface area contributed by atoms with E-state index in [9.17, 15) is 18.0 Å². The molecule has 1 aliphatic rings. The third kappa shape index (κ3) is 7.14. The lowest BCUT2D eigenvalue weighted by molar-refractivity contribution is -0.140. The first kappa shape index (κ1) is 29.6. The molecule has 0 saturated heterocycles. The summed E-state index contributed by atoms with van der Waals surface area (Å²) in [4.78, 5) is 29.0. The van der Waals surface area contributed by atoms with E-state index in [1.54, 1.807) is 6.07 Å². The van der Waals surface area contributed by atoms with Gasteiger partial charge in [0.05, 0.1) is 5.69 Å². The molecule has 0 aliphatic heterocycles. The van der Waals surface area contributed by atoms with Crippen molar-refractivity contribution in [1.82, 2.24) is 14.5 Å². The van der Waals surface area contributed by atoms with Gasteiger partial charge in [0.1, 0.15) is 12.6 Å². The summed E-state index contributed by atoms with van der Waals surface area (Å²) < 4.78 is 29.2. The molecule has 1 fully saturated rings. The topological polar surface area (TPSA) is 90.0 Å². The maximum Gasteiger partial charge on any atom is 0.304 e. The maximum absolute atomic E-state index is 14.0. The zero-order valence-electron chi connectivity index (χ0n) is 23.5. The molecule has 208 valence electrons. The van der Waals surface area contributed by atoms with Crippen LogP contribution >= 0.6 is 0 Å². The van der Waals surface area contributed by atoms with Crippen molar-refractivity contribution in [2.24, 2.45) is 0 Å². The van der Waals surface area contributed by atoms with Crippen LogP contribution in [0.3, 0.4) is 0 Å². The molecule has 0 aromatic heterocycles. The predicted octanol–water partition coefficient (Wildman–Crippen LogP) is 4.09. The monoisotopic (exact) mass is 542 g/mol. The fourth-order valence-corrected chi connectivity index (χ4v) is 5.98. The van der Waals surface area contributed by atoms with Crippen LogP contribution in [-0.2, 0) is 26.3 Å². The SMILES string of the molecule is CCC(C(=O)NC1CCCC1)N(Cc1ccc(C)cc1)C(=O)CN(c1cc(C)ccc1C)S(=O)(=O)N(C)C. The van der Waals surface area contributed by atoms with Crippen LogP contribution in [0.1, 0.15) is 61.3 Å². The van der Waals surface area contributed by atoms with Crippen molar-refractivity contribution < 1.29 is 18.0 Å². The van der Waals surface area contributed by atoms with Gasteiger partial charge >= 0.3 is 10.2 Å². The Bertz CT molecular complexity index is 1220. The Hall–Kier alpha value is -2.91. The minimum absolute atomic E-state index is 0.119. The molecule has 2 amide bonds. The molecular weight excluding hydrogens is 500 g/mol. The van der Waals surface area contributed by atoms with Crippen LogP contribution in [0.2, 0.25) is 0 Å². The van der Waals surface area contributed by atoms with Crippen LogP contribution in [0.5, 0.6) is 0 Å². The van der Waals surface area contributed by atoms with E-state index >= 15 is 0 Å². The van der Waals surface area contributed by atoms with E-state index in [1.165, 1.54) is 19.0 Å². The second-order valence-corrected chi connectivity index (χ2v) is 12.6. The highest BCUT2D eigenvalue weighted by molar-refractivity contribution is 7.90. The summed E-state index contributed by atoms with van der Waals surface area (Å²) in [5.74, 6) is -0.612. The van der Waals surface area contributed by atoms with Gasteiger partial charge in [-0.3, -0.25) is 9.59 Å². The summed E-state index contributed by atoms with van der Waals surface area (Å²) >= 11 is 0. The first-order valence-corrected chi connectivity index (χ1v) is 14.8. The standard InChI is InChI=1S/C29H42N4O4S/c1-7-26(29(35)30-25-10-8-9-11-25)32(19-24-16-13-21(2)14-17-24)28(34)20-33(38(36,37)31(5)6)27-18-22(3)12-15-23(27)4/h12-18,25-26H,7-11,19-20H2,1-6H3,(H,30,35). The van der Waals surface area contributed by atoms with Crippen molar-refractivity contribution in [2.45, 2.75) is 78.4 Å². The Labute approximate surface area is 228 Å². The lowest BCUT2D eigenvalue weighted by atomic mass is 10.1. The number of nitrogens with one attached hydrogen (secondary N) is 1. The average molecular weight is 543 g/mol. The molecule has 0 radical (unpaired) electrons. The molecule has 9 heteroatoms. The van der Waals surface area contributed by atoms with E-state index in [4.69, 9.17) is 0 Å². The van der Waals surface area contributed by atoms with Crippen LogP contribution in [0.15, 0.2) is 42.5 Å². The normalized spacial score (nSPS) is 14.9. The maximum atomic E-state index is 14.0. The molecule has 2 aromatic rings. The Morgan fingerprint density at radius 1 is 0.974 bits per heavy atom. The number of carbonyl (C=O) groups excluding carboxylic acids is 2. The summed E-state index contributed by atoms with van der Waals surface area (Å²) in [6, 6.07) is 12.8. The molecular formula is C29H42N4O4S. The van der Waals surface area contributed by atoms with Crippen LogP contribution in [0.25, 0.3) is 0 Å². The van der Waals surface area contributed by atoms with Gasteiger partial charge in [0, 0.05) is 26.7 Å². The molecule has 8 nitrogen and oxygen atoms in total. The molecule has 1 N–H and O–H groups in total. The molecule has 1 saturated carbocycles. The molecule has 2 aromatic carbocycles. The van der Waals surface area contributed by atoms with Crippen LogP contribution in [0, 0.1) is 20.8 Å². The van der Waals surface area contributed by atoms with Crippen LogP contribution < -0.4 is 9.62 Å². The fourth-order valence-electron chi connectivity index (χ4n) is 4.87. The molecule has 1 unspecified atom stereocenters. The van der Waals surface area contributed by atoms with Gasteiger partial charge < -0.3 is 10.2 Å². The lowest BCUT2D eigenvalue weighted by Crippen LogP contribution is -2.54. The summed E-state index contributed by atoms with van der Waals surface area (Å²) in [5, 5.41) is 3.14. The van der Waals surface area contributed by atoms with Gasteiger partial charge in [-0.2, -0.15) is 12.7 Å². The molecule has 1 aliphatic carbocycles. The number of carbonyl (C=O) groups is 2. The molecule has 3 rings (SSSR count). The number of benzene rings is 2. The van der Waals surface area contributed by atoms with E-state index in [1.807, 2.05) is 64.1 Å². The van der Waals surface area contributed by atoms with Crippen LogP contribution in [-0.4, -0.2) is 62.2 Å². The van der Waals surface area contributed by atoms with E-state index in [0.717, 1.165) is 56.5 Å². The van der Waals surface area contributed by atoms with Gasteiger partial charge in [0.2, 0.25) is 11.8 Å². The van der Waals surface area contributed by atoms with Gasteiger partial charge in [0.25, 0.3) is 0 Å². The Kier molecular flexibility index (Phi) is 9.95. The number of anilines is 1. The van der Waals surface area contributed by atoms with Gasteiger partial charge in [-0.1, -0.05) is 61.7 Å². The second-order valence-electron chi connectivity index (χ2n) is 10.5. The Morgan fingerprint density at radius 3 is 2.16 bits per heavy atom. The third-order valence-electron chi connectivity index (χ3n) is 7.21. The van der Waals surface area contributed by atoms with Crippen molar-refractivity contribution in [3.05, 3.63) is 64.7 Å². The zero-order valence-corrected chi connectivity index (χ0v) is 24.3. The predicted molar refractivity (Wildman–Crippen MR) is 152 cm³/mol. The largest absolute Gasteiger partial charge is 0.352 e. The molecule has 1 atom stereocenters. The highest BCUT2D eigenvalue weighted by Crippen LogP contribution is 2.26. The molecule has 0 spiro atoms. The summed E-state index contributed by atoms with van der Waals surface area (Å²) in [6.45, 7) is 7.38. The number of amides is 2. The van der Waals surface area contributed by atoms with Crippen molar-refractivity contribution in [3.63, 3.8) is 0 Å². The summed E-state index contributed by atoms with van der Waals surface area (Å²) in [6.07, 6.45) is 4.47. The number of hydrogen-bond acceptors (Lipinski definition) is 4. The van der Waals surface area contributed by atoms with Gasteiger partial charge in [-0.25, -0.2) is 4.31 Å². The van der Waals surface area contributed by atoms with Gasteiger partial charge in [-0.15, -0.1) is 0 Å². The first-order chi connectivity index (χ1) is 17.9. The minimum Gasteiger partial charge on any atom is -0.352 e. The second kappa shape index (κ2) is 12.8. The number of rotatable bonds is 11. The van der Waals surface area contributed by atoms with E-state index in [2.05, 4.69) is 5.32 Å². The van der Waals surface area contributed by atoms with E-state index in [-0.39, 0.29) is 18.5 Å². The Balaban J connectivity index is 1.99. The highest BCUT2D eigenvalue weighted by atomic mass is 32.2. The average Bonchev–Trinajstić information content (AvgIpc) is 3.38. The van der Waals surface area contributed by atoms with Gasteiger partial charge in [0.15, 0.2) is 0 Å². The third-order valence-corrected chi connectivity index (χ3v) is 9.02. The first-order valence-electron chi connectivity index (χ1n) is 13.4.